The van der Waals surface area contributed by atoms with Crippen molar-refractivity contribution in [2.75, 3.05) is 31.7 Å². The fourth-order valence-electron chi connectivity index (χ4n) is 2.55. The van der Waals surface area contributed by atoms with Gasteiger partial charge in [0.2, 0.25) is 0 Å². The highest BCUT2D eigenvalue weighted by Gasteiger charge is 2.31. The Kier molecular flexibility index (Phi) is 4.62. The number of halogens is 1. The second kappa shape index (κ2) is 6.08. The van der Waals surface area contributed by atoms with Crippen molar-refractivity contribution in [3.63, 3.8) is 0 Å². The number of hydrogen-bond donors (Lipinski definition) is 2. The van der Waals surface area contributed by atoms with Gasteiger partial charge in [-0.15, -0.1) is 0 Å². The van der Waals surface area contributed by atoms with Gasteiger partial charge >= 0.3 is 0 Å². The van der Waals surface area contributed by atoms with Crippen LogP contribution >= 0.6 is 0 Å². The summed E-state index contributed by atoms with van der Waals surface area (Å²) in [6, 6.07) is 4.82. The molecule has 1 aliphatic heterocycles. The lowest BCUT2D eigenvalue weighted by Gasteiger charge is -2.36. The lowest BCUT2D eigenvalue weighted by atomic mass is 9.93. The second-order valence-corrected chi connectivity index (χ2v) is 5.69. The minimum absolute atomic E-state index is 0.191. The van der Waals surface area contributed by atoms with Crippen molar-refractivity contribution >= 4 is 5.69 Å². The van der Waals surface area contributed by atoms with Crippen LogP contribution in [0.15, 0.2) is 18.2 Å². The molecule has 1 aromatic rings. The first-order valence-electron chi connectivity index (χ1n) is 6.98. The SMILES string of the molecule is C[C@@H](N)c1ccc(N(C)CC2(O)CCOCC2)c(F)c1. The minimum Gasteiger partial charge on any atom is -0.388 e. The number of hydrogen-bond acceptors (Lipinski definition) is 4. The molecule has 1 heterocycles. The summed E-state index contributed by atoms with van der Waals surface area (Å²) in [5, 5.41) is 10.5. The molecule has 0 amide bonds. The van der Waals surface area contributed by atoms with Gasteiger partial charge < -0.3 is 20.5 Å². The molecule has 1 fully saturated rings. The van der Waals surface area contributed by atoms with Gasteiger partial charge in [0.1, 0.15) is 5.82 Å². The summed E-state index contributed by atoms with van der Waals surface area (Å²) in [7, 11) is 1.79. The molecule has 1 saturated heterocycles. The minimum atomic E-state index is -0.806. The first-order valence-corrected chi connectivity index (χ1v) is 6.98. The summed E-state index contributed by atoms with van der Waals surface area (Å²) in [4.78, 5) is 1.76. The summed E-state index contributed by atoms with van der Waals surface area (Å²) in [6.45, 7) is 3.32. The van der Waals surface area contributed by atoms with Crippen molar-refractivity contribution in [2.45, 2.75) is 31.4 Å². The van der Waals surface area contributed by atoms with Crippen LogP contribution in [0.4, 0.5) is 10.1 Å². The topological polar surface area (TPSA) is 58.7 Å². The Balaban J connectivity index is 2.10. The van der Waals surface area contributed by atoms with Crippen molar-refractivity contribution in [2.24, 2.45) is 5.73 Å². The Morgan fingerprint density at radius 1 is 1.45 bits per heavy atom. The summed E-state index contributed by atoms with van der Waals surface area (Å²) in [5.41, 5.74) is 6.19. The van der Waals surface area contributed by atoms with E-state index in [1.165, 1.54) is 6.07 Å². The van der Waals surface area contributed by atoms with E-state index >= 15 is 0 Å². The van der Waals surface area contributed by atoms with Crippen molar-refractivity contribution in [3.05, 3.63) is 29.6 Å². The Morgan fingerprint density at radius 3 is 2.65 bits per heavy atom. The van der Waals surface area contributed by atoms with Gasteiger partial charge in [-0.05, 0) is 24.6 Å². The number of anilines is 1. The highest BCUT2D eigenvalue weighted by molar-refractivity contribution is 5.49. The summed E-state index contributed by atoms with van der Waals surface area (Å²) in [5.74, 6) is -0.307. The molecule has 1 aliphatic rings. The summed E-state index contributed by atoms with van der Waals surface area (Å²) < 4.78 is 19.4. The summed E-state index contributed by atoms with van der Waals surface area (Å²) >= 11 is 0. The van der Waals surface area contributed by atoms with Crippen LogP contribution in [0.1, 0.15) is 31.4 Å². The van der Waals surface area contributed by atoms with Crippen LogP contribution in [0.2, 0.25) is 0 Å². The zero-order valence-corrected chi connectivity index (χ0v) is 12.1. The number of rotatable bonds is 4. The van der Waals surface area contributed by atoms with Crippen LogP contribution < -0.4 is 10.6 Å². The van der Waals surface area contributed by atoms with Gasteiger partial charge in [-0.1, -0.05) is 6.07 Å². The highest BCUT2D eigenvalue weighted by atomic mass is 19.1. The Hall–Kier alpha value is -1.17. The lowest BCUT2D eigenvalue weighted by molar-refractivity contribution is -0.0573. The zero-order chi connectivity index (χ0) is 14.8. The molecule has 0 aromatic heterocycles. The molecule has 1 aromatic carbocycles. The third-order valence-corrected chi connectivity index (χ3v) is 3.86. The van der Waals surface area contributed by atoms with Gasteiger partial charge in [0.25, 0.3) is 0 Å². The quantitative estimate of drug-likeness (QED) is 0.884. The average molecular weight is 282 g/mol. The van der Waals surface area contributed by atoms with Crippen molar-refractivity contribution in [1.82, 2.24) is 0 Å². The largest absolute Gasteiger partial charge is 0.388 e. The summed E-state index contributed by atoms with van der Waals surface area (Å²) in [6.07, 6.45) is 1.16. The van der Waals surface area contributed by atoms with Crippen LogP contribution in [0.25, 0.3) is 0 Å². The van der Waals surface area contributed by atoms with E-state index in [2.05, 4.69) is 0 Å². The molecule has 112 valence electrons. The first kappa shape index (κ1) is 15.2. The predicted molar refractivity (Wildman–Crippen MR) is 77.3 cm³/mol. The average Bonchev–Trinajstić information content (AvgIpc) is 2.38. The molecule has 0 bridgehead atoms. The van der Waals surface area contributed by atoms with Crippen LogP contribution in [0.3, 0.4) is 0 Å². The molecule has 0 aliphatic carbocycles. The third kappa shape index (κ3) is 3.48. The number of likely N-dealkylation sites (N-methyl/N-ethyl adjacent to an activating group) is 1. The second-order valence-electron chi connectivity index (χ2n) is 5.69. The van der Waals surface area contributed by atoms with E-state index in [-0.39, 0.29) is 11.9 Å². The maximum Gasteiger partial charge on any atom is 0.146 e. The van der Waals surface area contributed by atoms with Crippen molar-refractivity contribution < 1.29 is 14.2 Å². The molecule has 0 radical (unpaired) electrons. The monoisotopic (exact) mass is 282 g/mol. The van der Waals surface area contributed by atoms with Crippen LogP contribution in [-0.4, -0.2) is 37.5 Å². The van der Waals surface area contributed by atoms with Crippen LogP contribution in [0, 0.1) is 5.82 Å². The molecule has 4 nitrogen and oxygen atoms in total. The van der Waals surface area contributed by atoms with E-state index in [1.54, 1.807) is 18.0 Å². The number of benzene rings is 1. The Morgan fingerprint density at radius 2 is 2.10 bits per heavy atom. The number of aliphatic hydroxyl groups is 1. The Bertz CT molecular complexity index is 459. The van der Waals surface area contributed by atoms with E-state index in [4.69, 9.17) is 10.5 Å². The molecule has 0 unspecified atom stereocenters. The normalized spacial score (nSPS) is 19.6. The van der Waals surface area contributed by atoms with E-state index < -0.39 is 5.60 Å². The highest BCUT2D eigenvalue weighted by Crippen LogP contribution is 2.26. The van der Waals surface area contributed by atoms with E-state index in [0.29, 0.717) is 38.3 Å². The molecule has 0 saturated carbocycles. The fourth-order valence-corrected chi connectivity index (χ4v) is 2.55. The third-order valence-electron chi connectivity index (χ3n) is 3.86. The van der Waals surface area contributed by atoms with Gasteiger partial charge in [-0.2, -0.15) is 0 Å². The van der Waals surface area contributed by atoms with Crippen LogP contribution in [-0.2, 0) is 4.74 Å². The fraction of sp³-hybridized carbons (Fsp3) is 0.600. The number of nitrogens with zero attached hydrogens (tertiary/aromatic N) is 1. The van der Waals surface area contributed by atoms with Crippen LogP contribution in [0.5, 0.6) is 0 Å². The van der Waals surface area contributed by atoms with Gasteiger partial charge in [0, 0.05) is 45.7 Å². The molecule has 2 rings (SSSR count). The zero-order valence-electron chi connectivity index (χ0n) is 12.1. The molecule has 3 N–H and O–H groups in total. The molecule has 20 heavy (non-hydrogen) atoms. The number of nitrogens with two attached hydrogens (primary N) is 1. The predicted octanol–water partition coefficient (Wildman–Crippen LogP) is 1.82. The first-order chi connectivity index (χ1) is 9.41. The van der Waals surface area contributed by atoms with E-state index in [1.807, 2.05) is 13.0 Å². The lowest BCUT2D eigenvalue weighted by Crippen LogP contribution is -2.46. The van der Waals surface area contributed by atoms with Crippen molar-refractivity contribution in [3.8, 4) is 0 Å². The van der Waals surface area contributed by atoms with Gasteiger partial charge in [0.15, 0.2) is 0 Å². The van der Waals surface area contributed by atoms with Gasteiger partial charge in [-0.25, -0.2) is 4.39 Å². The molecular weight excluding hydrogens is 259 g/mol. The maximum atomic E-state index is 14.1. The van der Waals surface area contributed by atoms with E-state index in [9.17, 15) is 9.50 Å². The molecular formula is C15H23FN2O2. The maximum absolute atomic E-state index is 14.1. The molecule has 0 spiro atoms. The van der Waals surface area contributed by atoms with Gasteiger partial charge in [-0.3, -0.25) is 0 Å². The number of ether oxygens (including phenoxy) is 1. The van der Waals surface area contributed by atoms with Gasteiger partial charge in [0.05, 0.1) is 11.3 Å². The van der Waals surface area contributed by atoms with E-state index in [0.717, 1.165) is 5.56 Å². The standard InChI is InChI=1S/C15H23FN2O2/c1-11(17)12-3-4-14(13(16)9-12)18(2)10-15(19)5-7-20-8-6-15/h3-4,9,11,19H,5-8,10,17H2,1-2H3/t11-/m1/s1. The smallest absolute Gasteiger partial charge is 0.146 e. The Labute approximate surface area is 119 Å². The van der Waals surface area contributed by atoms with Crippen molar-refractivity contribution in [1.29, 1.82) is 0 Å². The molecule has 5 heteroatoms. The molecule has 1 atom stereocenters.